The summed E-state index contributed by atoms with van der Waals surface area (Å²) in [4.78, 5) is 14.5. The van der Waals surface area contributed by atoms with Gasteiger partial charge in [-0.15, -0.1) is 0 Å². The summed E-state index contributed by atoms with van der Waals surface area (Å²) in [5.74, 6) is -0.402. The van der Waals surface area contributed by atoms with Crippen molar-refractivity contribution in [1.82, 2.24) is 9.55 Å². The first-order valence-corrected chi connectivity index (χ1v) is 4.81. The highest BCUT2D eigenvalue weighted by atomic mass is 19.1. The van der Waals surface area contributed by atoms with Crippen LogP contribution in [0.5, 0.6) is 0 Å². The highest BCUT2D eigenvalue weighted by Gasteiger charge is 2.02. The molecule has 0 aliphatic heterocycles. The summed E-state index contributed by atoms with van der Waals surface area (Å²) < 4.78 is 14.6. The molecule has 4 heteroatoms. The topological polar surface area (TPSA) is 34.9 Å². The first-order chi connectivity index (χ1) is 7.71. The molecule has 0 aliphatic carbocycles. The molecule has 1 heterocycles. The molecule has 1 rings (SSSR count). The zero-order chi connectivity index (χ0) is 12.0. The largest absolute Gasteiger partial charge is 0.324 e. The van der Waals surface area contributed by atoms with E-state index in [1.54, 1.807) is 17.6 Å². The Labute approximate surface area is 93.6 Å². The van der Waals surface area contributed by atoms with E-state index in [2.05, 4.69) is 11.6 Å². The van der Waals surface area contributed by atoms with E-state index in [1.165, 1.54) is 18.6 Å². The average molecular weight is 220 g/mol. The van der Waals surface area contributed by atoms with Gasteiger partial charge in [-0.05, 0) is 24.6 Å². The van der Waals surface area contributed by atoms with Crippen molar-refractivity contribution in [3.05, 3.63) is 54.4 Å². The SMILES string of the molecule is C=C/C(F)=C\C(=C/C)Cn1cncc1C=O. The molecule has 0 atom stereocenters. The first-order valence-electron chi connectivity index (χ1n) is 4.81. The highest BCUT2D eigenvalue weighted by molar-refractivity contribution is 5.71. The fraction of sp³-hybridized carbons (Fsp3) is 0.167. The summed E-state index contributed by atoms with van der Waals surface area (Å²) in [5.41, 5.74) is 1.21. The van der Waals surface area contributed by atoms with Gasteiger partial charge in [0, 0.05) is 6.54 Å². The lowest BCUT2D eigenvalue weighted by molar-refractivity contribution is 0.111. The fourth-order valence-electron chi connectivity index (χ4n) is 1.21. The number of nitrogens with zero attached hydrogens (tertiary/aromatic N) is 2. The van der Waals surface area contributed by atoms with Gasteiger partial charge in [0.05, 0.1) is 12.5 Å². The van der Waals surface area contributed by atoms with Gasteiger partial charge in [-0.1, -0.05) is 12.7 Å². The van der Waals surface area contributed by atoms with Gasteiger partial charge in [0.1, 0.15) is 11.5 Å². The van der Waals surface area contributed by atoms with Crippen LogP contribution in [0, 0.1) is 0 Å². The number of imidazole rings is 1. The van der Waals surface area contributed by atoms with Crippen LogP contribution in [0.15, 0.2) is 48.7 Å². The molecule has 3 nitrogen and oxygen atoms in total. The van der Waals surface area contributed by atoms with Crippen molar-refractivity contribution in [2.45, 2.75) is 13.5 Å². The number of aldehydes is 1. The minimum Gasteiger partial charge on any atom is -0.324 e. The molecule has 0 saturated carbocycles. The molecule has 0 aromatic carbocycles. The Hall–Kier alpha value is -1.97. The van der Waals surface area contributed by atoms with Gasteiger partial charge in [-0.25, -0.2) is 9.37 Å². The molecular weight excluding hydrogens is 207 g/mol. The van der Waals surface area contributed by atoms with E-state index < -0.39 is 5.83 Å². The molecule has 0 aliphatic rings. The van der Waals surface area contributed by atoms with Crippen LogP contribution < -0.4 is 0 Å². The number of rotatable bonds is 5. The standard InChI is InChI=1S/C12H13FN2O/c1-3-10(5-11(13)4-2)7-15-9-14-6-12(15)8-16/h3-6,8-9H,2,7H2,1H3/b10-3+,11-5+. The normalized spacial score (nSPS) is 12.6. The summed E-state index contributed by atoms with van der Waals surface area (Å²) in [7, 11) is 0. The van der Waals surface area contributed by atoms with Crippen molar-refractivity contribution in [2.75, 3.05) is 0 Å². The van der Waals surface area contributed by atoms with E-state index in [0.29, 0.717) is 18.5 Å². The molecule has 0 fully saturated rings. The van der Waals surface area contributed by atoms with Gasteiger partial charge < -0.3 is 4.57 Å². The summed E-state index contributed by atoms with van der Waals surface area (Å²) in [6, 6.07) is 0. The Morgan fingerprint density at radius 3 is 3.00 bits per heavy atom. The lowest BCUT2D eigenvalue weighted by Crippen LogP contribution is -2.02. The van der Waals surface area contributed by atoms with Crippen molar-refractivity contribution >= 4 is 6.29 Å². The Balaban J connectivity index is 2.87. The van der Waals surface area contributed by atoms with Gasteiger partial charge in [0.15, 0.2) is 6.29 Å². The summed E-state index contributed by atoms with van der Waals surface area (Å²) in [6.45, 7) is 5.55. The van der Waals surface area contributed by atoms with E-state index in [9.17, 15) is 9.18 Å². The van der Waals surface area contributed by atoms with Gasteiger partial charge >= 0.3 is 0 Å². The number of hydrogen-bond acceptors (Lipinski definition) is 2. The monoisotopic (exact) mass is 220 g/mol. The maximum absolute atomic E-state index is 13.0. The average Bonchev–Trinajstić information content (AvgIpc) is 2.75. The Morgan fingerprint density at radius 1 is 1.69 bits per heavy atom. The molecule has 0 N–H and O–H groups in total. The van der Waals surface area contributed by atoms with Gasteiger partial charge in [0.2, 0.25) is 0 Å². The molecule has 0 spiro atoms. The lowest BCUT2D eigenvalue weighted by Gasteiger charge is -2.04. The van der Waals surface area contributed by atoms with Crippen LogP contribution in [0.25, 0.3) is 0 Å². The third kappa shape index (κ3) is 3.02. The van der Waals surface area contributed by atoms with E-state index >= 15 is 0 Å². The molecule has 0 bridgehead atoms. The van der Waals surface area contributed by atoms with Crippen molar-refractivity contribution < 1.29 is 9.18 Å². The molecule has 0 saturated heterocycles. The van der Waals surface area contributed by atoms with E-state index in [-0.39, 0.29) is 0 Å². The Kier molecular flexibility index (Phi) is 4.39. The van der Waals surface area contributed by atoms with E-state index in [4.69, 9.17) is 0 Å². The molecule has 0 radical (unpaired) electrons. The second-order valence-corrected chi connectivity index (χ2v) is 3.16. The third-order valence-electron chi connectivity index (χ3n) is 2.11. The van der Waals surface area contributed by atoms with Gasteiger partial charge in [-0.3, -0.25) is 4.79 Å². The maximum Gasteiger partial charge on any atom is 0.168 e. The van der Waals surface area contributed by atoms with Crippen LogP contribution in [0.2, 0.25) is 0 Å². The second-order valence-electron chi connectivity index (χ2n) is 3.16. The van der Waals surface area contributed by atoms with E-state index in [0.717, 1.165) is 11.6 Å². The fourth-order valence-corrected chi connectivity index (χ4v) is 1.21. The number of hydrogen-bond donors (Lipinski definition) is 0. The van der Waals surface area contributed by atoms with Crippen LogP contribution in [-0.2, 0) is 6.54 Å². The van der Waals surface area contributed by atoms with Crippen LogP contribution in [0.3, 0.4) is 0 Å². The molecule has 1 aromatic rings. The molecule has 1 aromatic heterocycles. The molecule has 0 unspecified atom stereocenters. The third-order valence-corrected chi connectivity index (χ3v) is 2.11. The minimum atomic E-state index is -0.402. The van der Waals surface area contributed by atoms with Crippen molar-refractivity contribution in [3.8, 4) is 0 Å². The van der Waals surface area contributed by atoms with Crippen LogP contribution >= 0.6 is 0 Å². The number of carbonyl (C=O) groups is 1. The smallest absolute Gasteiger partial charge is 0.168 e. The molecule has 84 valence electrons. The predicted octanol–water partition coefficient (Wildman–Crippen LogP) is 2.68. The van der Waals surface area contributed by atoms with E-state index in [1.807, 2.05) is 0 Å². The lowest BCUT2D eigenvalue weighted by atomic mass is 10.2. The summed E-state index contributed by atoms with van der Waals surface area (Å²) in [5, 5.41) is 0. The number of halogens is 1. The minimum absolute atomic E-state index is 0.402. The van der Waals surface area contributed by atoms with Crippen LogP contribution in [0.1, 0.15) is 17.4 Å². The van der Waals surface area contributed by atoms with Gasteiger partial charge in [-0.2, -0.15) is 0 Å². The number of aromatic nitrogens is 2. The zero-order valence-electron chi connectivity index (χ0n) is 9.06. The Bertz CT molecular complexity index is 444. The molecule has 0 amide bonds. The van der Waals surface area contributed by atoms with Crippen molar-refractivity contribution in [1.29, 1.82) is 0 Å². The van der Waals surface area contributed by atoms with Crippen LogP contribution in [0.4, 0.5) is 4.39 Å². The van der Waals surface area contributed by atoms with Crippen molar-refractivity contribution in [3.63, 3.8) is 0 Å². The summed E-state index contributed by atoms with van der Waals surface area (Å²) >= 11 is 0. The summed E-state index contributed by atoms with van der Waals surface area (Å²) in [6.07, 6.45) is 8.01. The zero-order valence-corrected chi connectivity index (χ0v) is 9.06. The molecule has 16 heavy (non-hydrogen) atoms. The predicted molar refractivity (Wildman–Crippen MR) is 60.8 cm³/mol. The highest BCUT2D eigenvalue weighted by Crippen LogP contribution is 2.09. The molecular formula is C12H13FN2O. The number of carbonyl (C=O) groups excluding carboxylic acids is 1. The maximum atomic E-state index is 13.0. The first kappa shape index (κ1) is 12.1. The van der Waals surface area contributed by atoms with Crippen LogP contribution in [-0.4, -0.2) is 15.8 Å². The Morgan fingerprint density at radius 2 is 2.44 bits per heavy atom. The number of allylic oxidation sites excluding steroid dienone is 5. The quantitative estimate of drug-likeness (QED) is 0.565. The van der Waals surface area contributed by atoms with Gasteiger partial charge in [0.25, 0.3) is 0 Å². The van der Waals surface area contributed by atoms with Crippen molar-refractivity contribution in [2.24, 2.45) is 0 Å². The second kappa shape index (κ2) is 5.80.